The number of para-hydroxylation sites is 1. The Morgan fingerprint density at radius 1 is 1.50 bits per heavy atom. The molecule has 0 heterocycles. The Morgan fingerprint density at radius 3 is 2.71 bits per heavy atom. The van der Waals surface area contributed by atoms with E-state index < -0.39 is 0 Å². The van der Waals surface area contributed by atoms with E-state index in [4.69, 9.17) is 5.73 Å². The minimum absolute atomic E-state index is 0.119. The van der Waals surface area contributed by atoms with Crippen LogP contribution in [0.4, 0.5) is 5.69 Å². The molecule has 4 heteroatoms. The highest BCUT2D eigenvalue weighted by Gasteiger charge is 2.17. The van der Waals surface area contributed by atoms with Crippen molar-refractivity contribution < 1.29 is 4.92 Å². The van der Waals surface area contributed by atoms with E-state index in [0.717, 1.165) is 12.8 Å². The molecule has 0 unspecified atom stereocenters. The lowest BCUT2D eigenvalue weighted by Crippen LogP contribution is -2.11. The van der Waals surface area contributed by atoms with Gasteiger partial charge in [-0.1, -0.05) is 31.5 Å². The molecule has 0 amide bonds. The highest BCUT2D eigenvalue weighted by Crippen LogP contribution is 2.25. The van der Waals surface area contributed by atoms with Crippen molar-refractivity contribution in [1.29, 1.82) is 0 Å². The Hall–Kier alpha value is -1.42. The number of rotatable bonds is 4. The van der Waals surface area contributed by atoms with Crippen molar-refractivity contribution in [3.8, 4) is 0 Å². The summed E-state index contributed by atoms with van der Waals surface area (Å²) in [6.07, 6.45) is 1.69. The molecule has 0 radical (unpaired) electrons. The molecule has 1 rings (SSSR count). The van der Waals surface area contributed by atoms with E-state index in [1.165, 1.54) is 6.07 Å². The number of hydrogen-bond donors (Lipinski definition) is 1. The smallest absolute Gasteiger partial charge is 0.274 e. The summed E-state index contributed by atoms with van der Waals surface area (Å²) in [5.74, 6) is 0. The molecule has 0 aliphatic carbocycles. The third-order valence-corrected chi connectivity index (χ3v) is 2.13. The van der Waals surface area contributed by atoms with E-state index in [2.05, 4.69) is 0 Å². The van der Waals surface area contributed by atoms with Crippen molar-refractivity contribution in [2.45, 2.75) is 25.8 Å². The van der Waals surface area contributed by atoms with Gasteiger partial charge in [-0.25, -0.2) is 0 Å². The third-order valence-electron chi connectivity index (χ3n) is 2.13. The largest absolute Gasteiger partial charge is 0.324 e. The Morgan fingerprint density at radius 2 is 2.14 bits per heavy atom. The molecular weight excluding hydrogens is 180 g/mol. The fourth-order valence-electron chi connectivity index (χ4n) is 1.43. The zero-order chi connectivity index (χ0) is 10.6. The second-order valence-corrected chi connectivity index (χ2v) is 3.21. The maximum absolute atomic E-state index is 10.7. The molecule has 0 aliphatic heterocycles. The van der Waals surface area contributed by atoms with Crippen molar-refractivity contribution >= 4 is 5.69 Å². The average Bonchev–Trinajstić information content (AvgIpc) is 2.18. The predicted molar refractivity (Wildman–Crippen MR) is 54.9 cm³/mol. The van der Waals surface area contributed by atoms with E-state index in [9.17, 15) is 10.1 Å². The molecule has 14 heavy (non-hydrogen) atoms. The van der Waals surface area contributed by atoms with E-state index in [1.807, 2.05) is 6.92 Å². The highest BCUT2D eigenvalue weighted by molar-refractivity contribution is 5.41. The quantitative estimate of drug-likeness (QED) is 0.591. The van der Waals surface area contributed by atoms with Gasteiger partial charge in [-0.3, -0.25) is 10.1 Å². The van der Waals surface area contributed by atoms with Crippen molar-refractivity contribution in [2.24, 2.45) is 5.73 Å². The van der Waals surface area contributed by atoms with Crippen LogP contribution in [0.5, 0.6) is 0 Å². The molecule has 0 fully saturated rings. The van der Waals surface area contributed by atoms with Crippen molar-refractivity contribution in [3.63, 3.8) is 0 Å². The van der Waals surface area contributed by atoms with Crippen LogP contribution in [0.15, 0.2) is 24.3 Å². The topological polar surface area (TPSA) is 69.2 Å². The SMILES string of the molecule is CCC[C@H](N)c1ccccc1[N+](=O)[O-]. The Bertz CT molecular complexity index is 326. The fourth-order valence-corrected chi connectivity index (χ4v) is 1.43. The highest BCUT2D eigenvalue weighted by atomic mass is 16.6. The number of nitro benzene ring substituents is 1. The molecule has 0 aliphatic rings. The molecule has 4 nitrogen and oxygen atoms in total. The molecule has 0 spiro atoms. The normalized spacial score (nSPS) is 12.4. The molecule has 0 saturated carbocycles. The average molecular weight is 194 g/mol. The van der Waals surface area contributed by atoms with Crippen molar-refractivity contribution in [2.75, 3.05) is 0 Å². The van der Waals surface area contributed by atoms with Crippen LogP contribution in [0.1, 0.15) is 31.4 Å². The van der Waals surface area contributed by atoms with Crippen LogP contribution in [-0.4, -0.2) is 4.92 Å². The molecule has 1 aromatic carbocycles. The molecule has 0 saturated heterocycles. The summed E-state index contributed by atoms with van der Waals surface area (Å²) in [6.45, 7) is 2.01. The van der Waals surface area contributed by atoms with E-state index in [0.29, 0.717) is 5.56 Å². The van der Waals surface area contributed by atoms with E-state index in [-0.39, 0.29) is 16.7 Å². The van der Waals surface area contributed by atoms with Gasteiger partial charge in [0.05, 0.1) is 4.92 Å². The van der Waals surface area contributed by atoms with Gasteiger partial charge >= 0.3 is 0 Å². The number of benzene rings is 1. The van der Waals surface area contributed by atoms with Crippen LogP contribution in [0.3, 0.4) is 0 Å². The van der Waals surface area contributed by atoms with Gasteiger partial charge in [-0.2, -0.15) is 0 Å². The van der Waals surface area contributed by atoms with Crippen molar-refractivity contribution in [1.82, 2.24) is 0 Å². The zero-order valence-electron chi connectivity index (χ0n) is 8.14. The first-order chi connectivity index (χ1) is 6.66. The van der Waals surface area contributed by atoms with Crippen LogP contribution >= 0.6 is 0 Å². The first kappa shape index (κ1) is 10.7. The summed E-state index contributed by atoms with van der Waals surface area (Å²) in [7, 11) is 0. The van der Waals surface area contributed by atoms with Gasteiger partial charge in [0.15, 0.2) is 0 Å². The Balaban J connectivity index is 3.00. The molecule has 2 N–H and O–H groups in total. The van der Waals surface area contributed by atoms with Crippen LogP contribution in [0.25, 0.3) is 0 Å². The maximum Gasteiger partial charge on any atom is 0.274 e. The van der Waals surface area contributed by atoms with Crippen LogP contribution < -0.4 is 5.73 Å². The molecule has 0 bridgehead atoms. The van der Waals surface area contributed by atoms with Crippen molar-refractivity contribution in [3.05, 3.63) is 39.9 Å². The lowest BCUT2D eigenvalue weighted by Gasteiger charge is -2.10. The maximum atomic E-state index is 10.7. The Labute approximate surface area is 82.9 Å². The standard InChI is InChI=1S/C10H14N2O2/c1-2-5-9(11)8-6-3-4-7-10(8)12(13)14/h3-4,6-7,9H,2,5,11H2,1H3/t9-/m0/s1. The van der Waals surface area contributed by atoms with E-state index >= 15 is 0 Å². The number of nitrogens with zero attached hydrogens (tertiary/aromatic N) is 1. The second-order valence-electron chi connectivity index (χ2n) is 3.21. The van der Waals surface area contributed by atoms with Gasteiger partial charge in [0.2, 0.25) is 0 Å². The zero-order valence-corrected chi connectivity index (χ0v) is 8.14. The van der Waals surface area contributed by atoms with Gasteiger partial charge in [0.25, 0.3) is 5.69 Å². The second kappa shape index (κ2) is 4.72. The van der Waals surface area contributed by atoms with Crippen LogP contribution in [-0.2, 0) is 0 Å². The lowest BCUT2D eigenvalue weighted by atomic mass is 10.0. The summed E-state index contributed by atoms with van der Waals surface area (Å²) in [4.78, 5) is 10.3. The molecule has 76 valence electrons. The molecule has 0 aromatic heterocycles. The van der Waals surface area contributed by atoms with Gasteiger partial charge in [0, 0.05) is 17.7 Å². The third kappa shape index (κ3) is 2.29. The summed E-state index contributed by atoms with van der Waals surface area (Å²) < 4.78 is 0. The first-order valence-electron chi connectivity index (χ1n) is 4.65. The van der Waals surface area contributed by atoms with Gasteiger partial charge in [-0.05, 0) is 6.42 Å². The first-order valence-corrected chi connectivity index (χ1v) is 4.65. The van der Waals surface area contributed by atoms with Gasteiger partial charge < -0.3 is 5.73 Å². The molecule has 1 aromatic rings. The van der Waals surface area contributed by atoms with Gasteiger partial charge in [-0.15, -0.1) is 0 Å². The minimum Gasteiger partial charge on any atom is -0.324 e. The minimum atomic E-state index is -0.384. The lowest BCUT2D eigenvalue weighted by molar-refractivity contribution is -0.385. The molecule has 1 atom stereocenters. The summed E-state index contributed by atoms with van der Waals surface area (Å²) >= 11 is 0. The number of nitrogens with two attached hydrogens (primary N) is 1. The van der Waals surface area contributed by atoms with Crippen LogP contribution in [0, 0.1) is 10.1 Å². The van der Waals surface area contributed by atoms with E-state index in [1.54, 1.807) is 18.2 Å². The fraction of sp³-hybridized carbons (Fsp3) is 0.400. The number of nitro groups is 1. The summed E-state index contributed by atoms with van der Waals surface area (Å²) in [5, 5.41) is 10.7. The Kier molecular flexibility index (Phi) is 3.59. The summed E-state index contributed by atoms with van der Waals surface area (Å²) in [6, 6.07) is 6.41. The monoisotopic (exact) mass is 194 g/mol. The predicted octanol–water partition coefficient (Wildman–Crippen LogP) is 2.39. The summed E-state index contributed by atoms with van der Waals surface area (Å²) in [5.41, 5.74) is 6.58. The van der Waals surface area contributed by atoms with Gasteiger partial charge in [0.1, 0.15) is 0 Å². The molecular formula is C10H14N2O2. The van der Waals surface area contributed by atoms with Crippen LogP contribution in [0.2, 0.25) is 0 Å². The number of hydrogen-bond acceptors (Lipinski definition) is 3.